The highest BCUT2D eigenvalue weighted by Crippen LogP contribution is 2.15. The number of carbonyl (C=O) groups is 3. The second-order valence-corrected chi connectivity index (χ2v) is 4.43. The highest BCUT2D eigenvalue weighted by molar-refractivity contribution is 5.94. The van der Waals surface area contributed by atoms with Crippen molar-refractivity contribution in [2.75, 3.05) is 26.0 Å². The Kier molecular flexibility index (Phi) is 5.08. The van der Waals surface area contributed by atoms with E-state index in [0.29, 0.717) is 11.3 Å². The molecular weight excluding hydrogens is 262 g/mol. The van der Waals surface area contributed by atoms with Gasteiger partial charge in [-0.2, -0.15) is 0 Å². The molecule has 1 rings (SSSR count). The zero-order valence-corrected chi connectivity index (χ0v) is 11.6. The average Bonchev–Trinajstić information content (AvgIpc) is 2.35. The number of likely N-dealkylation sites (N-methyl/N-ethyl adjacent to an activating group) is 1. The van der Waals surface area contributed by atoms with Gasteiger partial charge in [0.2, 0.25) is 5.91 Å². The normalized spacial score (nSPS) is 9.75. The van der Waals surface area contributed by atoms with E-state index in [2.05, 4.69) is 10.6 Å². The molecule has 3 amide bonds. The van der Waals surface area contributed by atoms with Gasteiger partial charge in [-0.3, -0.25) is 4.79 Å². The van der Waals surface area contributed by atoms with Gasteiger partial charge in [0.05, 0.1) is 12.1 Å². The van der Waals surface area contributed by atoms with Crippen LogP contribution in [0.3, 0.4) is 0 Å². The summed E-state index contributed by atoms with van der Waals surface area (Å²) in [6.45, 7) is 1.53. The molecule has 1 aromatic carbocycles. The highest BCUT2D eigenvalue weighted by atomic mass is 16.4. The molecule has 108 valence electrons. The minimum atomic E-state index is -1.02. The zero-order chi connectivity index (χ0) is 15.3. The summed E-state index contributed by atoms with van der Waals surface area (Å²) in [5.41, 5.74) is 1.18. The van der Waals surface area contributed by atoms with Crippen LogP contribution >= 0.6 is 0 Å². The van der Waals surface area contributed by atoms with E-state index in [9.17, 15) is 14.4 Å². The van der Waals surface area contributed by atoms with Crippen molar-refractivity contribution in [3.63, 3.8) is 0 Å². The Balaban J connectivity index is 2.61. The molecule has 0 aliphatic heterocycles. The fourth-order valence-electron chi connectivity index (χ4n) is 1.47. The number of carbonyl (C=O) groups excluding carboxylic acids is 2. The van der Waals surface area contributed by atoms with Crippen LogP contribution in [-0.4, -0.2) is 48.6 Å². The van der Waals surface area contributed by atoms with E-state index in [0.717, 1.165) is 0 Å². The molecule has 0 aliphatic rings. The van der Waals surface area contributed by atoms with Crippen molar-refractivity contribution >= 4 is 23.6 Å². The second kappa shape index (κ2) is 6.55. The van der Waals surface area contributed by atoms with Crippen LogP contribution in [0.2, 0.25) is 0 Å². The Morgan fingerprint density at radius 3 is 2.40 bits per heavy atom. The Bertz CT molecular complexity index is 540. The number of carboxylic acid groups (broad SMARTS) is 1. The zero-order valence-electron chi connectivity index (χ0n) is 11.6. The molecule has 3 N–H and O–H groups in total. The summed E-state index contributed by atoms with van der Waals surface area (Å²) in [5, 5.41) is 13.8. The molecule has 1 aromatic rings. The maximum Gasteiger partial charge on any atom is 0.335 e. The molecule has 0 atom stereocenters. The first-order valence-electron chi connectivity index (χ1n) is 5.90. The van der Waals surface area contributed by atoms with Crippen LogP contribution in [0.25, 0.3) is 0 Å². The number of urea groups is 1. The second-order valence-electron chi connectivity index (χ2n) is 4.43. The van der Waals surface area contributed by atoms with E-state index in [1.54, 1.807) is 27.1 Å². The third-order valence-electron chi connectivity index (χ3n) is 2.61. The number of rotatable bonds is 4. The summed E-state index contributed by atoms with van der Waals surface area (Å²) < 4.78 is 0. The number of aromatic carboxylic acids is 1. The van der Waals surface area contributed by atoms with Crippen LogP contribution in [0.4, 0.5) is 10.5 Å². The lowest BCUT2D eigenvalue weighted by atomic mass is 10.1. The molecule has 20 heavy (non-hydrogen) atoms. The van der Waals surface area contributed by atoms with Crippen molar-refractivity contribution < 1.29 is 19.5 Å². The molecule has 0 fully saturated rings. The van der Waals surface area contributed by atoms with Crippen LogP contribution in [0.15, 0.2) is 18.2 Å². The van der Waals surface area contributed by atoms with Gasteiger partial charge in [-0.25, -0.2) is 9.59 Å². The van der Waals surface area contributed by atoms with Crippen molar-refractivity contribution in [2.24, 2.45) is 0 Å². The van der Waals surface area contributed by atoms with Gasteiger partial charge in [0.25, 0.3) is 0 Å². The quantitative estimate of drug-likeness (QED) is 0.762. The monoisotopic (exact) mass is 279 g/mol. The van der Waals surface area contributed by atoms with Crippen LogP contribution in [-0.2, 0) is 4.79 Å². The number of amides is 3. The SMILES string of the molecule is Cc1cc(NC(=O)NCC(=O)N(C)C)ccc1C(=O)O. The summed E-state index contributed by atoms with van der Waals surface area (Å²) in [5.74, 6) is -1.24. The van der Waals surface area contributed by atoms with Gasteiger partial charge in [0.1, 0.15) is 0 Å². The number of hydrogen-bond donors (Lipinski definition) is 3. The van der Waals surface area contributed by atoms with Crippen LogP contribution < -0.4 is 10.6 Å². The average molecular weight is 279 g/mol. The predicted octanol–water partition coefficient (Wildman–Crippen LogP) is 0.903. The lowest BCUT2D eigenvalue weighted by Gasteiger charge is -2.12. The van der Waals surface area contributed by atoms with Gasteiger partial charge in [-0.05, 0) is 30.7 Å². The first-order chi connectivity index (χ1) is 9.31. The molecule has 0 radical (unpaired) electrons. The van der Waals surface area contributed by atoms with Gasteiger partial charge in [0.15, 0.2) is 0 Å². The summed E-state index contributed by atoms with van der Waals surface area (Å²) in [7, 11) is 3.19. The van der Waals surface area contributed by atoms with Crippen molar-refractivity contribution in [2.45, 2.75) is 6.92 Å². The number of carboxylic acids is 1. The first-order valence-corrected chi connectivity index (χ1v) is 5.90. The first kappa shape index (κ1) is 15.5. The molecule has 0 aromatic heterocycles. The van der Waals surface area contributed by atoms with Crippen molar-refractivity contribution in [1.82, 2.24) is 10.2 Å². The standard InChI is InChI=1S/C13H17N3O4/c1-8-6-9(4-5-10(8)12(18)19)15-13(20)14-7-11(17)16(2)3/h4-6H,7H2,1-3H3,(H,18,19)(H2,14,15,20). The lowest BCUT2D eigenvalue weighted by Crippen LogP contribution is -2.38. The maximum atomic E-state index is 11.6. The molecule has 0 bridgehead atoms. The number of nitrogens with zero attached hydrogens (tertiary/aromatic N) is 1. The van der Waals surface area contributed by atoms with Gasteiger partial charge in [-0.1, -0.05) is 0 Å². The number of anilines is 1. The molecule has 7 nitrogen and oxygen atoms in total. The van der Waals surface area contributed by atoms with Crippen molar-refractivity contribution in [1.29, 1.82) is 0 Å². The Labute approximate surface area is 116 Å². The number of aryl methyl sites for hydroxylation is 1. The molecule has 0 spiro atoms. The molecule has 7 heteroatoms. The Hall–Kier alpha value is -2.57. The molecular formula is C13H17N3O4. The minimum Gasteiger partial charge on any atom is -0.478 e. The van der Waals surface area contributed by atoms with Gasteiger partial charge in [-0.15, -0.1) is 0 Å². The van der Waals surface area contributed by atoms with Crippen molar-refractivity contribution in [3.8, 4) is 0 Å². The number of benzene rings is 1. The summed E-state index contributed by atoms with van der Waals surface area (Å²) in [4.78, 5) is 35.1. The topological polar surface area (TPSA) is 98.7 Å². The van der Waals surface area contributed by atoms with E-state index in [1.165, 1.54) is 17.0 Å². The number of hydrogen-bond acceptors (Lipinski definition) is 3. The molecule has 0 heterocycles. The third kappa shape index (κ3) is 4.27. The summed E-state index contributed by atoms with van der Waals surface area (Å²) in [6.07, 6.45) is 0. The van der Waals surface area contributed by atoms with E-state index >= 15 is 0 Å². The van der Waals surface area contributed by atoms with E-state index < -0.39 is 12.0 Å². The molecule has 0 saturated heterocycles. The van der Waals surface area contributed by atoms with Crippen LogP contribution in [0.5, 0.6) is 0 Å². The molecule has 0 unspecified atom stereocenters. The smallest absolute Gasteiger partial charge is 0.335 e. The van der Waals surface area contributed by atoms with Gasteiger partial charge >= 0.3 is 12.0 Å². The fraction of sp³-hybridized carbons (Fsp3) is 0.308. The summed E-state index contributed by atoms with van der Waals surface area (Å²) >= 11 is 0. The van der Waals surface area contributed by atoms with E-state index in [1.807, 2.05) is 0 Å². The van der Waals surface area contributed by atoms with E-state index in [4.69, 9.17) is 5.11 Å². The maximum absolute atomic E-state index is 11.6. The van der Waals surface area contributed by atoms with Crippen LogP contribution in [0, 0.1) is 6.92 Å². The largest absolute Gasteiger partial charge is 0.478 e. The lowest BCUT2D eigenvalue weighted by molar-refractivity contribution is -0.127. The minimum absolute atomic E-state index is 0.106. The van der Waals surface area contributed by atoms with Gasteiger partial charge in [0, 0.05) is 19.8 Å². The van der Waals surface area contributed by atoms with Crippen molar-refractivity contribution in [3.05, 3.63) is 29.3 Å². The van der Waals surface area contributed by atoms with Crippen LogP contribution in [0.1, 0.15) is 15.9 Å². The number of nitrogens with one attached hydrogen (secondary N) is 2. The third-order valence-corrected chi connectivity index (χ3v) is 2.61. The Morgan fingerprint density at radius 1 is 1.25 bits per heavy atom. The predicted molar refractivity (Wildman–Crippen MR) is 73.9 cm³/mol. The fourth-order valence-corrected chi connectivity index (χ4v) is 1.47. The highest BCUT2D eigenvalue weighted by Gasteiger charge is 2.10. The molecule has 0 aliphatic carbocycles. The van der Waals surface area contributed by atoms with Gasteiger partial charge < -0.3 is 20.6 Å². The van der Waals surface area contributed by atoms with E-state index in [-0.39, 0.29) is 18.0 Å². The molecule has 0 saturated carbocycles. The summed E-state index contributed by atoms with van der Waals surface area (Å²) in [6, 6.07) is 3.93. The Morgan fingerprint density at radius 2 is 1.90 bits per heavy atom.